The Balaban J connectivity index is 0. The smallest absolute Gasteiger partial charge is 0.306 e. The quantitative estimate of drug-likeness (QED) is 0.548. The first-order valence-electron chi connectivity index (χ1n) is 6.92. The molecule has 4 nitrogen and oxygen atoms in total. The zero-order valence-electron chi connectivity index (χ0n) is 12.9. The Hall–Kier alpha value is -0.610. The highest BCUT2D eigenvalue weighted by atomic mass is 16.4. The Bertz CT molecular complexity index is 212. The minimum absolute atomic E-state index is 0.111. The van der Waals surface area contributed by atoms with Crippen molar-refractivity contribution in [2.45, 2.75) is 59.1 Å². The molecule has 0 aliphatic carbocycles. The van der Waals surface area contributed by atoms with Crippen molar-refractivity contribution in [3.63, 3.8) is 0 Å². The number of rotatable bonds is 7. The third-order valence-electron chi connectivity index (χ3n) is 3.01. The van der Waals surface area contributed by atoms with Crippen molar-refractivity contribution in [3.8, 4) is 0 Å². The summed E-state index contributed by atoms with van der Waals surface area (Å²) in [4.78, 5) is 10.4. The molecule has 0 radical (unpaired) electrons. The van der Waals surface area contributed by atoms with Crippen LogP contribution in [0.5, 0.6) is 0 Å². The number of aliphatic hydroxyl groups excluding tert-OH is 1. The van der Waals surface area contributed by atoms with E-state index in [1.54, 1.807) is 0 Å². The van der Waals surface area contributed by atoms with Crippen molar-refractivity contribution in [2.75, 3.05) is 21.1 Å². The summed E-state index contributed by atoms with van der Waals surface area (Å²) in [7, 11) is 5.94. The van der Waals surface area contributed by atoms with Gasteiger partial charge >= 0.3 is 5.97 Å². The number of carboxylic acids is 1. The van der Waals surface area contributed by atoms with Crippen molar-refractivity contribution in [1.29, 1.82) is 0 Å². The molecular formula is C14H32NO3+. The van der Waals surface area contributed by atoms with E-state index >= 15 is 0 Å². The van der Waals surface area contributed by atoms with Crippen LogP contribution >= 0.6 is 0 Å². The average molecular weight is 262 g/mol. The van der Waals surface area contributed by atoms with Gasteiger partial charge in [-0.1, -0.05) is 33.6 Å². The first-order valence-corrected chi connectivity index (χ1v) is 6.92. The van der Waals surface area contributed by atoms with Gasteiger partial charge in [0.2, 0.25) is 0 Å². The van der Waals surface area contributed by atoms with Crippen LogP contribution in [0.2, 0.25) is 0 Å². The number of unbranched alkanes of at least 4 members (excludes halogenated alkanes) is 1. The highest BCUT2D eigenvalue weighted by molar-refractivity contribution is 5.69. The fourth-order valence-corrected chi connectivity index (χ4v) is 1.50. The lowest BCUT2D eigenvalue weighted by Gasteiger charge is -2.28. The van der Waals surface area contributed by atoms with Gasteiger partial charge in [0, 0.05) is 6.42 Å². The van der Waals surface area contributed by atoms with Crippen molar-refractivity contribution >= 4 is 5.97 Å². The lowest BCUT2D eigenvalue weighted by molar-refractivity contribution is -0.918. The van der Waals surface area contributed by atoms with Crippen LogP contribution in [-0.4, -0.2) is 48.0 Å². The normalized spacial score (nSPS) is 14.4. The molecule has 0 spiro atoms. The van der Waals surface area contributed by atoms with Crippen LogP contribution in [0, 0.1) is 5.92 Å². The highest BCUT2D eigenvalue weighted by Gasteiger charge is 2.16. The van der Waals surface area contributed by atoms with Crippen LogP contribution in [0.15, 0.2) is 0 Å². The van der Waals surface area contributed by atoms with E-state index in [9.17, 15) is 4.79 Å². The van der Waals surface area contributed by atoms with Crippen molar-refractivity contribution in [1.82, 2.24) is 0 Å². The van der Waals surface area contributed by atoms with E-state index < -0.39 is 5.97 Å². The van der Waals surface area contributed by atoms with Gasteiger partial charge in [-0.25, -0.2) is 0 Å². The summed E-state index contributed by atoms with van der Waals surface area (Å²) in [6.45, 7) is 5.98. The first kappa shape index (κ1) is 19.7. The van der Waals surface area contributed by atoms with Crippen molar-refractivity contribution in [2.24, 2.45) is 5.92 Å². The minimum Gasteiger partial charge on any atom is -0.481 e. The summed E-state index contributed by atoms with van der Waals surface area (Å²) in [5.74, 6) is -0.754. The van der Waals surface area contributed by atoms with Crippen LogP contribution in [0.1, 0.15) is 52.9 Å². The second-order valence-corrected chi connectivity index (χ2v) is 5.59. The Kier molecular flexibility index (Phi) is 11.3. The molecule has 0 saturated carbocycles. The molecule has 2 N–H and O–H groups in total. The van der Waals surface area contributed by atoms with Crippen LogP contribution < -0.4 is 0 Å². The number of carboxylic acid groups (broad SMARTS) is 1. The molecular weight excluding hydrogens is 230 g/mol. The molecule has 0 aliphatic rings. The van der Waals surface area contributed by atoms with Crippen LogP contribution in [0.4, 0.5) is 0 Å². The standard InChI is InChI=1S/C8H16O2.C6H16NO/c1-3-5-6-7(4-2)8(9)10;1-5-6(8)7(2,3)4/h7H,3-6H2,1-2H3,(H,9,10);6,8H,5H2,1-4H3/q;+1. The molecule has 0 aromatic heterocycles. The second kappa shape index (κ2) is 10.3. The third kappa shape index (κ3) is 10.5. The highest BCUT2D eigenvalue weighted by Crippen LogP contribution is 2.11. The van der Waals surface area contributed by atoms with Crippen molar-refractivity contribution < 1.29 is 19.5 Å². The van der Waals surface area contributed by atoms with Gasteiger partial charge in [-0.05, 0) is 12.8 Å². The summed E-state index contributed by atoms with van der Waals surface area (Å²) in [5.41, 5.74) is 0. The summed E-state index contributed by atoms with van der Waals surface area (Å²) in [6, 6.07) is 0. The molecule has 110 valence electrons. The molecule has 0 saturated heterocycles. The fourth-order valence-electron chi connectivity index (χ4n) is 1.50. The Labute approximate surface area is 112 Å². The first-order chi connectivity index (χ1) is 8.20. The van der Waals surface area contributed by atoms with Gasteiger partial charge in [0.05, 0.1) is 27.1 Å². The summed E-state index contributed by atoms with van der Waals surface area (Å²) >= 11 is 0. The molecule has 0 bridgehead atoms. The average Bonchev–Trinajstić information content (AvgIpc) is 2.28. The molecule has 0 rings (SSSR count). The van der Waals surface area contributed by atoms with Crippen LogP contribution in [-0.2, 0) is 4.79 Å². The van der Waals surface area contributed by atoms with Gasteiger partial charge in [0.25, 0.3) is 0 Å². The molecule has 0 aromatic rings. The van der Waals surface area contributed by atoms with E-state index in [1.165, 1.54) is 0 Å². The number of hydrogen-bond donors (Lipinski definition) is 2. The van der Waals surface area contributed by atoms with Crippen LogP contribution in [0.25, 0.3) is 0 Å². The van der Waals surface area contributed by atoms with Gasteiger partial charge < -0.3 is 14.7 Å². The molecule has 2 atom stereocenters. The lowest BCUT2D eigenvalue weighted by atomic mass is 10.00. The second-order valence-electron chi connectivity index (χ2n) is 5.59. The number of hydrogen-bond acceptors (Lipinski definition) is 2. The molecule has 2 unspecified atom stereocenters. The summed E-state index contributed by atoms with van der Waals surface area (Å²) < 4.78 is 0.635. The zero-order valence-corrected chi connectivity index (χ0v) is 12.9. The molecule has 0 fully saturated rings. The summed E-state index contributed by atoms with van der Waals surface area (Å²) in [6.07, 6.45) is 4.32. The molecule has 0 heterocycles. The van der Waals surface area contributed by atoms with Gasteiger partial charge in [0.1, 0.15) is 0 Å². The van der Waals surface area contributed by atoms with E-state index in [2.05, 4.69) is 6.92 Å². The van der Waals surface area contributed by atoms with Crippen LogP contribution in [0.3, 0.4) is 0 Å². The van der Waals surface area contributed by atoms with Gasteiger partial charge in [-0.15, -0.1) is 0 Å². The molecule has 0 amide bonds. The Morgan fingerprint density at radius 2 is 1.61 bits per heavy atom. The van der Waals surface area contributed by atoms with Gasteiger partial charge in [0.15, 0.2) is 6.23 Å². The van der Waals surface area contributed by atoms with Crippen molar-refractivity contribution in [3.05, 3.63) is 0 Å². The number of aliphatic hydroxyl groups is 1. The fraction of sp³-hybridized carbons (Fsp3) is 0.929. The largest absolute Gasteiger partial charge is 0.481 e. The Morgan fingerprint density at radius 1 is 1.11 bits per heavy atom. The maximum absolute atomic E-state index is 10.4. The molecule has 18 heavy (non-hydrogen) atoms. The van der Waals surface area contributed by atoms with E-state index in [0.717, 1.165) is 32.1 Å². The van der Waals surface area contributed by atoms with Gasteiger partial charge in [-0.3, -0.25) is 4.79 Å². The summed E-state index contributed by atoms with van der Waals surface area (Å²) in [5, 5.41) is 17.8. The maximum atomic E-state index is 10.4. The molecule has 0 aliphatic heterocycles. The van der Waals surface area contributed by atoms with E-state index in [1.807, 2.05) is 35.0 Å². The number of aliphatic carboxylic acids is 1. The molecule has 4 heteroatoms. The third-order valence-corrected chi connectivity index (χ3v) is 3.01. The zero-order chi connectivity index (χ0) is 14.8. The number of nitrogens with zero attached hydrogens (tertiary/aromatic N) is 1. The monoisotopic (exact) mass is 262 g/mol. The SMILES string of the molecule is CCC(O)[N+](C)(C)C.CCCCC(CC)C(=O)O. The topological polar surface area (TPSA) is 57.5 Å². The predicted molar refractivity (Wildman–Crippen MR) is 75.3 cm³/mol. The predicted octanol–water partition coefficient (Wildman–Crippen LogP) is 2.71. The maximum Gasteiger partial charge on any atom is 0.306 e. The minimum atomic E-state index is -0.643. The van der Waals surface area contributed by atoms with E-state index in [4.69, 9.17) is 10.2 Å². The lowest BCUT2D eigenvalue weighted by Crippen LogP contribution is -2.44. The van der Waals surface area contributed by atoms with E-state index in [-0.39, 0.29) is 12.1 Å². The number of quaternary nitrogens is 1. The van der Waals surface area contributed by atoms with Gasteiger partial charge in [-0.2, -0.15) is 0 Å². The number of carbonyl (C=O) groups is 1. The van der Waals surface area contributed by atoms with E-state index in [0.29, 0.717) is 4.48 Å². The Morgan fingerprint density at radius 3 is 1.78 bits per heavy atom. The molecule has 0 aromatic carbocycles.